The quantitative estimate of drug-likeness (QED) is 0.573. The molecule has 0 atom stereocenters. The third-order valence-corrected chi connectivity index (χ3v) is 6.72. The Morgan fingerprint density at radius 3 is 2.44 bits per heavy atom. The van der Waals surface area contributed by atoms with Crippen LogP contribution in [-0.2, 0) is 4.79 Å². The van der Waals surface area contributed by atoms with Gasteiger partial charge in [0.25, 0.3) is 5.91 Å². The number of carbonyl (C=O) groups excluding carboxylic acids is 1. The molecule has 0 N–H and O–H groups in total. The smallest absolute Gasteiger partial charge is 0.277 e. The molecule has 5 heteroatoms. The number of hydrogen-bond acceptors (Lipinski definition) is 3. The van der Waals surface area contributed by atoms with Gasteiger partial charge in [-0.3, -0.25) is 9.69 Å². The van der Waals surface area contributed by atoms with Gasteiger partial charge in [0.05, 0.1) is 0 Å². The van der Waals surface area contributed by atoms with Crippen molar-refractivity contribution < 1.29 is 4.79 Å². The fourth-order valence-corrected chi connectivity index (χ4v) is 4.91. The van der Waals surface area contributed by atoms with Gasteiger partial charge in [0.2, 0.25) is 0 Å². The predicted octanol–water partition coefficient (Wildman–Crippen LogP) is 4.33. The first kappa shape index (κ1) is 18.5. The van der Waals surface area contributed by atoms with Crippen molar-refractivity contribution in [3.8, 4) is 0 Å². The van der Waals surface area contributed by atoms with Crippen LogP contribution in [0.3, 0.4) is 0 Å². The minimum Gasteiger partial charge on any atom is -0.372 e. The van der Waals surface area contributed by atoms with E-state index in [0.717, 1.165) is 31.5 Å². The highest BCUT2D eigenvalue weighted by Crippen LogP contribution is 2.31. The Bertz CT molecular complexity index is 776. The van der Waals surface area contributed by atoms with E-state index in [4.69, 9.17) is 12.2 Å². The second-order valence-corrected chi connectivity index (χ2v) is 8.44. The molecule has 3 fully saturated rings. The van der Waals surface area contributed by atoms with Gasteiger partial charge in [-0.25, -0.2) is 0 Å². The molecule has 1 aromatic rings. The molecule has 1 aromatic carbocycles. The zero-order chi connectivity index (χ0) is 19.0. The monoisotopic (exact) mass is 383 g/mol. The summed E-state index contributed by atoms with van der Waals surface area (Å²) in [7, 11) is 1.92. The van der Waals surface area contributed by atoms with Gasteiger partial charge < -0.3 is 9.80 Å². The molecule has 4 nitrogen and oxygen atoms in total. The van der Waals surface area contributed by atoms with Crippen molar-refractivity contribution in [1.82, 2.24) is 9.80 Å². The third kappa shape index (κ3) is 3.49. The van der Waals surface area contributed by atoms with Gasteiger partial charge in [0.1, 0.15) is 5.70 Å². The van der Waals surface area contributed by atoms with E-state index in [0.29, 0.717) is 10.8 Å². The number of rotatable bonds is 3. The number of carbonyl (C=O) groups is 1. The zero-order valence-electron chi connectivity index (χ0n) is 16.4. The fraction of sp³-hybridized carbons (Fsp3) is 0.545. The zero-order valence-corrected chi connectivity index (χ0v) is 17.2. The molecule has 3 aliphatic rings. The lowest BCUT2D eigenvalue weighted by Crippen LogP contribution is -2.41. The second-order valence-electron chi connectivity index (χ2n) is 8.07. The van der Waals surface area contributed by atoms with E-state index in [1.807, 2.05) is 22.9 Å². The van der Waals surface area contributed by atoms with Crippen molar-refractivity contribution >= 4 is 35.0 Å². The molecular formula is C22H29N3OS. The summed E-state index contributed by atoms with van der Waals surface area (Å²) in [5.74, 6) is 0.0671. The lowest BCUT2D eigenvalue weighted by molar-refractivity contribution is -0.124. The maximum Gasteiger partial charge on any atom is 0.277 e. The average Bonchev–Trinajstić information content (AvgIpc) is 3.28. The molecule has 2 heterocycles. The summed E-state index contributed by atoms with van der Waals surface area (Å²) < 4.78 is 0. The fourth-order valence-electron chi connectivity index (χ4n) is 4.58. The Balaban J connectivity index is 1.59. The van der Waals surface area contributed by atoms with E-state index in [2.05, 4.69) is 30.0 Å². The van der Waals surface area contributed by atoms with Crippen LogP contribution in [0, 0.1) is 6.92 Å². The maximum atomic E-state index is 13.1. The van der Waals surface area contributed by atoms with Crippen molar-refractivity contribution in [2.75, 3.05) is 25.0 Å². The normalized spacial score (nSPS) is 23.2. The molecule has 0 spiro atoms. The van der Waals surface area contributed by atoms with Crippen LogP contribution in [0.4, 0.5) is 5.69 Å². The summed E-state index contributed by atoms with van der Waals surface area (Å²) in [5.41, 5.74) is 4.29. The molecule has 0 bridgehead atoms. The Kier molecular flexibility index (Phi) is 5.22. The molecule has 1 aliphatic carbocycles. The molecule has 2 aliphatic heterocycles. The first-order valence-corrected chi connectivity index (χ1v) is 10.7. The number of anilines is 1. The summed E-state index contributed by atoms with van der Waals surface area (Å²) in [6.45, 7) is 4.42. The highest BCUT2D eigenvalue weighted by atomic mass is 32.1. The lowest BCUT2D eigenvalue weighted by Gasteiger charge is -2.30. The average molecular weight is 384 g/mol. The third-order valence-electron chi connectivity index (χ3n) is 6.25. The van der Waals surface area contributed by atoms with E-state index < -0.39 is 0 Å². The van der Waals surface area contributed by atoms with Crippen molar-refractivity contribution in [1.29, 1.82) is 0 Å². The summed E-state index contributed by atoms with van der Waals surface area (Å²) in [6, 6.07) is 6.84. The van der Waals surface area contributed by atoms with Gasteiger partial charge in [-0.1, -0.05) is 25.3 Å². The van der Waals surface area contributed by atoms with Crippen molar-refractivity contribution in [2.45, 2.75) is 57.9 Å². The summed E-state index contributed by atoms with van der Waals surface area (Å²) in [5, 5.41) is 0.657. The summed E-state index contributed by atoms with van der Waals surface area (Å²) >= 11 is 5.62. The van der Waals surface area contributed by atoms with Crippen LogP contribution in [0.15, 0.2) is 23.9 Å². The molecule has 2 saturated heterocycles. The van der Waals surface area contributed by atoms with E-state index in [1.54, 1.807) is 0 Å². The number of nitrogens with zero attached hydrogens (tertiary/aromatic N) is 3. The van der Waals surface area contributed by atoms with E-state index in [1.165, 1.54) is 43.4 Å². The molecule has 1 saturated carbocycles. The highest BCUT2D eigenvalue weighted by molar-refractivity contribution is 7.80. The Morgan fingerprint density at radius 1 is 1.07 bits per heavy atom. The topological polar surface area (TPSA) is 26.8 Å². The number of likely N-dealkylation sites (N-methyl/N-ethyl adjacent to an activating group) is 1. The van der Waals surface area contributed by atoms with Crippen molar-refractivity contribution in [3.63, 3.8) is 0 Å². The van der Waals surface area contributed by atoms with Crippen molar-refractivity contribution in [3.05, 3.63) is 35.0 Å². The lowest BCUT2D eigenvalue weighted by atomic mass is 9.94. The first-order valence-electron chi connectivity index (χ1n) is 10.2. The first-order chi connectivity index (χ1) is 13.1. The van der Waals surface area contributed by atoms with Crippen LogP contribution < -0.4 is 4.90 Å². The maximum absolute atomic E-state index is 13.1. The Morgan fingerprint density at radius 2 is 1.78 bits per heavy atom. The standard InChI is InChI=1S/C22H29N3OS/c1-16-14-19(24-12-6-7-13-24)11-10-17(16)15-20-21(26)25(22(27)23(20)2)18-8-4-3-5-9-18/h10-11,14-15,18H,3-9,12-13H2,1-2H3/b20-15-. The Labute approximate surface area is 167 Å². The van der Waals surface area contributed by atoms with E-state index in [9.17, 15) is 4.79 Å². The van der Waals surface area contributed by atoms with E-state index in [-0.39, 0.29) is 11.9 Å². The minimum atomic E-state index is 0.0671. The molecule has 1 amide bonds. The van der Waals surface area contributed by atoms with Crippen LogP contribution in [0.1, 0.15) is 56.1 Å². The SMILES string of the molecule is Cc1cc(N2CCCC2)ccc1/C=C1/C(=O)N(C2CCCCC2)C(=S)N1C. The number of amides is 1. The number of aryl methyl sites for hydroxylation is 1. The number of thiocarbonyl (C=S) groups is 1. The molecular weight excluding hydrogens is 354 g/mol. The molecule has 27 heavy (non-hydrogen) atoms. The van der Waals surface area contributed by atoms with Gasteiger partial charge in [-0.2, -0.15) is 0 Å². The molecule has 144 valence electrons. The summed E-state index contributed by atoms with van der Waals surface area (Å²) in [6.07, 6.45) is 10.4. The highest BCUT2D eigenvalue weighted by Gasteiger charge is 2.40. The van der Waals surface area contributed by atoms with Gasteiger partial charge in [-0.05, 0) is 74.2 Å². The van der Waals surface area contributed by atoms with Crippen LogP contribution in [0.2, 0.25) is 0 Å². The van der Waals surface area contributed by atoms with Gasteiger partial charge >= 0.3 is 0 Å². The Hall–Kier alpha value is -1.88. The second kappa shape index (κ2) is 7.63. The van der Waals surface area contributed by atoms with Crippen molar-refractivity contribution in [2.24, 2.45) is 0 Å². The van der Waals surface area contributed by atoms with Crippen LogP contribution in [0.25, 0.3) is 6.08 Å². The van der Waals surface area contributed by atoms with E-state index >= 15 is 0 Å². The van der Waals surface area contributed by atoms with Crippen LogP contribution in [0.5, 0.6) is 0 Å². The molecule has 4 rings (SSSR count). The molecule has 0 radical (unpaired) electrons. The van der Waals surface area contributed by atoms with Crippen LogP contribution in [-0.4, -0.2) is 47.0 Å². The van der Waals surface area contributed by atoms with Gasteiger partial charge in [-0.15, -0.1) is 0 Å². The number of hydrogen-bond donors (Lipinski definition) is 0. The minimum absolute atomic E-state index is 0.0671. The molecule has 0 aromatic heterocycles. The van der Waals surface area contributed by atoms with Gasteiger partial charge in [0.15, 0.2) is 5.11 Å². The van der Waals surface area contributed by atoms with Crippen LogP contribution >= 0.6 is 12.2 Å². The largest absolute Gasteiger partial charge is 0.372 e. The van der Waals surface area contributed by atoms with Gasteiger partial charge in [0, 0.05) is 31.9 Å². The summed E-state index contributed by atoms with van der Waals surface area (Å²) in [4.78, 5) is 19.3. The molecule has 0 unspecified atom stereocenters. The predicted molar refractivity (Wildman–Crippen MR) is 115 cm³/mol. The number of benzene rings is 1.